The van der Waals surface area contributed by atoms with E-state index in [2.05, 4.69) is 10.8 Å². The first-order valence-corrected chi connectivity index (χ1v) is 3.98. The van der Waals surface area contributed by atoms with Gasteiger partial charge >= 0.3 is 0 Å². The topological polar surface area (TPSA) is 50.4 Å². The van der Waals surface area contributed by atoms with Gasteiger partial charge in [-0.3, -0.25) is 9.63 Å². The SMILES string of the molecule is O=C1CC2(CCNCC2)ON1. The van der Waals surface area contributed by atoms with Gasteiger partial charge in [-0.05, 0) is 25.9 Å². The van der Waals surface area contributed by atoms with E-state index in [0.717, 1.165) is 25.9 Å². The highest BCUT2D eigenvalue weighted by molar-refractivity contribution is 5.77. The Balaban J connectivity index is 2.03. The number of rotatable bonds is 0. The van der Waals surface area contributed by atoms with Gasteiger partial charge in [0.1, 0.15) is 5.60 Å². The van der Waals surface area contributed by atoms with Gasteiger partial charge in [-0.1, -0.05) is 0 Å². The molecule has 0 aromatic carbocycles. The van der Waals surface area contributed by atoms with Crippen LogP contribution in [0.3, 0.4) is 0 Å². The third-order valence-electron chi connectivity index (χ3n) is 2.38. The molecule has 0 radical (unpaired) electrons. The Morgan fingerprint density at radius 2 is 2.09 bits per heavy atom. The number of piperidine rings is 1. The van der Waals surface area contributed by atoms with Crippen molar-refractivity contribution in [1.82, 2.24) is 10.8 Å². The van der Waals surface area contributed by atoms with E-state index in [0.29, 0.717) is 6.42 Å². The molecular formula is C7H12N2O2. The number of amides is 1. The molecule has 4 heteroatoms. The Labute approximate surface area is 65.2 Å². The fraction of sp³-hybridized carbons (Fsp3) is 0.857. The second-order valence-corrected chi connectivity index (χ2v) is 3.24. The molecule has 62 valence electrons. The Hall–Kier alpha value is -0.610. The molecule has 2 aliphatic heterocycles. The lowest BCUT2D eigenvalue weighted by molar-refractivity contribution is -0.127. The summed E-state index contributed by atoms with van der Waals surface area (Å²) in [5.41, 5.74) is 2.24. The average molecular weight is 156 g/mol. The van der Waals surface area contributed by atoms with E-state index in [4.69, 9.17) is 4.84 Å². The van der Waals surface area contributed by atoms with Gasteiger partial charge in [-0.15, -0.1) is 0 Å². The summed E-state index contributed by atoms with van der Waals surface area (Å²) in [6.45, 7) is 1.91. The van der Waals surface area contributed by atoms with Crippen molar-refractivity contribution in [3.05, 3.63) is 0 Å². The van der Waals surface area contributed by atoms with Crippen LogP contribution in [0, 0.1) is 0 Å². The minimum atomic E-state index is -0.178. The highest BCUT2D eigenvalue weighted by Crippen LogP contribution is 2.29. The summed E-state index contributed by atoms with van der Waals surface area (Å²) in [4.78, 5) is 16.1. The van der Waals surface area contributed by atoms with Crippen molar-refractivity contribution in [3.63, 3.8) is 0 Å². The summed E-state index contributed by atoms with van der Waals surface area (Å²) >= 11 is 0. The molecule has 2 rings (SSSR count). The molecule has 0 unspecified atom stereocenters. The molecule has 0 aromatic heterocycles. The number of carbonyl (C=O) groups excluding carboxylic acids is 1. The van der Waals surface area contributed by atoms with Gasteiger partial charge in [0, 0.05) is 0 Å². The van der Waals surface area contributed by atoms with E-state index in [9.17, 15) is 4.79 Å². The molecule has 0 aliphatic carbocycles. The lowest BCUT2D eigenvalue weighted by Crippen LogP contribution is -2.42. The van der Waals surface area contributed by atoms with Crippen LogP contribution < -0.4 is 10.8 Å². The predicted octanol–water partition coefficient (Wildman–Crippen LogP) is -0.440. The van der Waals surface area contributed by atoms with E-state index in [1.807, 2.05) is 0 Å². The lowest BCUT2D eigenvalue weighted by Gasteiger charge is -2.30. The summed E-state index contributed by atoms with van der Waals surface area (Å²) in [6.07, 6.45) is 2.41. The molecule has 2 fully saturated rings. The third kappa shape index (κ3) is 1.23. The standard InChI is InChI=1S/C7H12N2O2/c10-6-5-7(11-9-6)1-3-8-4-2-7/h8H,1-5H2,(H,9,10). The second-order valence-electron chi connectivity index (χ2n) is 3.24. The van der Waals surface area contributed by atoms with Crippen LogP contribution in [0.5, 0.6) is 0 Å². The maximum Gasteiger partial charge on any atom is 0.246 e. The molecule has 0 atom stereocenters. The van der Waals surface area contributed by atoms with Crippen molar-refractivity contribution in [2.45, 2.75) is 24.9 Å². The van der Waals surface area contributed by atoms with Gasteiger partial charge in [0.25, 0.3) is 0 Å². The van der Waals surface area contributed by atoms with Gasteiger partial charge < -0.3 is 5.32 Å². The van der Waals surface area contributed by atoms with Crippen LogP contribution in [0.25, 0.3) is 0 Å². The smallest absolute Gasteiger partial charge is 0.246 e. The maximum atomic E-state index is 10.9. The van der Waals surface area contributed by atoms with E-state index in [-0.39, 0.29) is 11.5 Å². The second kappa shape index (κ2) is 2.46. The van der Waals surface area contributed by atoms with Gasteiger partial charge in [0.2, 0.25) is 5.91 Å². The van der Waals surface area contributed by atoms with Crippen molar-refractivity contribution in [2.24, 2.45) is 0 Å². The summed E-state index contributed by atoms with van der Waals surface area (Å²) in [6, 6.07) is 0. The van der Waals surface area contributed by atoms with Crippen LogP contribution in [0.1, 0.15) is 19.3 Å². The fourth-order valence-corrected chi connectivity index (χ4v) is 1.69. The number of hydrogen-bond acceptors (Lipinski definition) is 3. The summed E-state index contributed by atoms with van der Waals surface area (Å²) in [5, 5.41) is 3.23. The van der Waals surface area contributed by atoms with Crippen molar-refractivity contribution in [2.75, 3.05) is 13.1 Å². The molecule has 4 nitrogen and oxygen atoms in total. The van der Waals surface area contributed by atoms with Crippen LogP contribution in [-0.4, -0.2) is 24.6 Å². The molecule has 2 N–H and O–H groups in total. The monoisotopic (exact) mass is 156 g/mol. The number of hydrogen-bond donors (Lipinski definition) is 2. The van der Waals surface area contributed by atoms with Crippen molar-refractivity contribution in [3.8, 4) is 0 Å². The van der Waals surface area contributed by atoms with E-state index < -0.39 is 0 Å². The molecule has 2 heterocycles. The van der Waals surface area contributed by atoms with Crippen LogP contribution >= 0.6 is 0 Å². The normalized spacial score (nSPS) is 28.9. The number of hydroxylamine groups is 1. The summed E-state index contributed by atoms with van der Waals surface area (Å²) in [7, 11) is 0. The summed E-state index contributed by atoms with van der Waals surface area (Å²) in [5.74, 6) is 0.0203. The highest BCUT2D eigenvalue weighted by Gasteiger charge is 2.41. The Bertz CT molecular complexity index is 175. The van der Waals surface area contributed by atoms with E-state index >= 15 is 0 Å². The van der Waals surface area contributed by atoms with Gasteiger partial charge in [0.05, 0.1) is 6.42 Å². The summed E-state index contributed by atoms with van der Waals surface area (Å²) < 4.78 is 0. The largest absolute Gasteiger partial charge is 0.317 e. The van der Waals surface area contributed by atoms with Gasteiger partial charge in [-0.2, -0.15) is 0 Å². The average Bonchev–Trinajstić information content (AvgIpc) is 2.34. The molecule has 2 saturated heterocycles. The molecule has 1 amide bonds. The zero-order valence-electron chi connectivity index (χ0n) is 6.35. The molecule has 0 saturated carbocycles. The zero-order chi connectivity index (χ0) is 7.73. The third-order valence-corrected chi connectivity index (χ3v) is 2.38. The van der Waals surface area contributed by atoms with E-state index in [1.165, 1.54) is 0 Å². The number of nitrogens with one attached hydrogen (secondary N) is 2. The van der Waals surface area contributed by atoms with Crippen molar-refractivity contribution >= 4 is 5.91 Å². The van der Waals surface area contributed by atoms with Crippen molar-refractivity contribution < 1.29 is 9.63 Å². The maximum absolute atomic E-state index is 10.9. The van der Waals surface area contributed by atoms with Crippen molar-refractivity contribution in [1.29, 1.82) is 0 Å². The molecule has 1 spiro atoms. The molecule has 0 bridgehead atoms. The Kier molecular flexibility index (Phi) is 1.58. The van der Waals surface area contributed by atoms with Gasteiger partial charge in [-0.25, -0.2) is 5.48 Å². The first kappa shape index (κ1) is 7.06. The predicted molar refractivity (Wildman–Crippen MR) is 38.7 cm³/mol. The Morgan fingerprint density at radius 1 is 1.36 bits per heavy atom. The van der Waals surface area contributed by atoms with Crippen LogP contribution in [0.4, 0.5) is 0 Å². The molecule has 0 aromatic rings. The fourth-order valence-electron chi connectivity index (χ4n) is 1.69. The first-order valence-electron chi connectivity index (χ1n) is 3.98. The highest BCUT2D eigenvalue weighted by atomic mass is 16.7. The van der Waals surface area contributed by atoms with Gasteiger partial charge in [0.15, 0.2) is 0 Å². The Morgan fingerprint density at radius 3 is 2.64 bits per heavy atom. The molecular weight excluding hydrogens is 144 g/mol. The quantitative estimate of drug-likeness (QED) is 0.500. The van der Waals surface area contributed by atoms with E-state index in [1.54, 1.807) is 0 Å². The first-order chi connectivity index (χ1) is 5.31. The molecule has 11 heavy (non-hydrogen) atoms. The minimum absolute atomic E-state index is 0.0203. The lowest BCUT2D eigenvalue weighted by atomic mass is 9.90. The molecule has 2 aliphatic rings. The zero-order valence-corrected chi connectivity index (χ0v) is 6.35. The van der Waals surface area contributed by atoms with Crippen LogP contribution in [-0.2, 0) is 9.63 Å². The van der Waals surface area contributed by atoms with Crippen LogP contribution in [0.15, 0.2) is 0 Å². The minimum Gasteiger partial charge on any atom is -0.317 e. The number of carbonyl (C=O) groups is 1. The van der Waals surface area contributed by atoms with Crippen LogP contribution in [0.2, 0.25) is 0 Å².